The van der Waals surface area contributed by atoms with E-state index in [1.54, 1.807) is 36.8 Å². The van der Waals surface area contributed by atoms with E-state index in [1.165, 1.54) is 15.4 Å². The highest BCUT2D eigenvalue weighted by molar-refractivity contribution is 14.1. The van der Waals surface area contributed by atoms with Crippen LogP contribution in [-0.4, -0.2) is 64.7 Å². The normalized spacial score (nSPS) is 11.2. The number of ether oxygens (including phenoxy) is 2. The van der Waals surface area contributed by atoms with Gasteiger partial charge in [-0.3, -0.25) is 14.2 Å². The molecule has 0 saturated carbocycles. The van der Waals surface area contributed by atoms with E-state index in [9.17, 15) is 9.90 Å². The molecule has 4 aromatic rings. The van der Waals surface area contributed by atoms with Crippen LogP contribution >= 0.6 is 54.5 Å². The molecular weight excluding hydrogens is 727 g/mol. The lowest BCUT2D eigenvalue weighted by Crippen LogP contribution is -2.02. The van der Waals surface area contributed by atoms with Crippen molar-refractivity contribution in [1.29, 1.82) is 0 Å². The number of aryl methyl sites for hydroxylation is 4. The summed E-state index contributed by atoms with van der Waals surface area (Å²) in [4.78, 5) is 10.5. The molecular formula is C22H29Br2IN8O4. The summed E-state index contributed by atoms with van der Waals surface area (Å²) in [5, 5.41) is 26.7. The molecule has 4 heterocycles. The number of carbonyl (C=O) groups is 1. The Hall–Kier alpha value is -2.24. The molecule has 0 fully saturated rings. The summed E-state index contributed by atoms with van der Waals surface area (Å²) < 4.78 is 19.2. The molecule has 4 aromatic heterocycles. The van der Waals surface area contributed by atoms with Crippen molar-refractivity contribution in [2.24, 2.45) is 14.1 Å². The first kappa shape index (κ1) is 31.0. The van der Waals surface area contributed by atoms with Gasteiger partial charge in [0.25, 0.3) is 0 Å². The van der Waals surface area contributed by atoms with Crippen molar-refractivity contribution < 1.29 is 19.4 Å². The van der Waals surface area contributed by atoms with Crippen LogP contribution in [0.15, 0.2) is 34.0 Å². The van der Waals surface area contributed by atoms with Gasteiger partial charge < -0.3 is 14.6 Å². The average Bonchev–Trinajstić information content (AvgIpc) is 3.64. The predicted octanol–water partition coefficient (Wildman–Crippen LogP) is 4.00. The minimum absolute atomic E-state index is 0.440. The Labute approximate surface area is 245 Å². The Morgan fingerprint density at radius 3 is 1.95 bits per heavy atom. The van der Waals surface area contributed by atoms with E-state index in [4.69, 9.17) is 9.47 Å². The van der Waals surface area contributed by atoms with Gasteiger partial charge in [-0.2, -0.15) is 20.4 Å². The second-order valence-corrected chi connectivity index (χ2v) is 10.1. The summed E-state index contributed by atoms with van der Waals surface area (Å²) in [6.45, 7) is 5.79. The van der Waals surface area contributed by atoms with E-state index in [0.717, 1.165) is 13.1 Å². The lowest BCUT2D eigenvalue weighted by atomic mass is 10.1. The molecule has 0 aliphatic heterocycles. The fourth-order valence-corrected chi connectivity index (χ4v) is 4.74. The van der Waals surface area contributed by atoms with Crippen molar-refractivity contribution in [3.05, 3.63) is 54.3 Å². The summed E-state index contributed by atoms with van der Waals surface area (Å²) in [5.74, 6) is 0.991. The van der Waals surface area contributed by atoms with Crippen LogP contribution in [0.3, 0.4) is 0 Å². The molecule has 4 rings (SSSR count). The van der Waals surface area contributed by atoms with Crippen LogP contribution in [0.4, 0.5) is 0 Å². The summed E-state index contributed by atoms with van der Waals surface area (Å²) in [7, 11) is 6.51. The SMILES string of the molecule is CCn1cc(C(O)c2c(Br)nn(C)c2OC)cn1.CCn1cc(I)cn1.COc1c(C=O)c(Br)nn1C. The largest absolute Gasteiger partial charge is 0.481 e. The molecule has 0 aliphatic carbocycles. The van der Waals surface area contributed by atoms with Crippen LogP contribution in [0.25, 0.3) is 0 Å². The first-order chi connectivity index (χ1) is 17.6. The summed E-state index contributed by atoms with van der Waals surface area (Å²) in [6.07, 6.45) is 7.21. The van der Waals surface area contributed by atoms with Gasteiger partial charge in [-0.25, -0.2) is 9.36 Å². The van der Waals surface area contributed by atoms with Crippen LogP contribution in [-0.2, 0) is 27.2 Å². The molecule has 0 spiro atoms. The number of carbonyl (C=O) groups excluding carboxylic acids is 1. The first-order valence-corrected chi connectivity index (χ1v) is 13.6. The number of methoxy groups -OCH3 is 2. The van der Waals surface area contributed by atoms with Gasteiger partial charge in [-0.05, 0) is 68.3 Å². The molecule has 12 nitrogen and oxygen atoms in total. The topological polar surface area (TPSA) is 127 Å². The second-order valence-electron chi connectivity index (χ2n) is 7.34. The van der Waals surface area contributed by atoms with Crippen LogP contribution in [0.2, 0.25) is 0 Å². The van der Waals surface area contributed by atoms with Gasteiger partial charge in [0.2, 0.25) is 11.8 Å². The highest BCUT2D eigenvalue weighted by Gasteiger charge is 2.24. The molecule has 202 valence electrons. The van der Waals surface area contributed by atoms with Crippen LogP contribution in [0.5, 0.6) is 11.8 Å². The quantitative estimate of drug-likeness (QED) is 0.222. The third kappa shape index (κ3) is 7.87. The zero-order chi connectivity index (χ0) is 27.7. The Morgan fingerprint density at radius 2 is 1.51 bits per heavy atom. The van der Waals surface area contributed by atoms with Gasteiger partial charge in [0.15, 0.2) is 6.29 Å². The number of aliphatic hydroxyl groups excluding tert-OH is 1. The van der Waals surface area contributed by atoms with Crippen LogP contribution in [0, 0.1) is 3.57 Å². The minimum Gasteiger partial charge on any atom is -0.481 e. The van der Waals surface area contributed by atoms with E-state index >= 15 is 0 Å². The lowest BCUT2D eigenvalue weighted by molar-refractivity contribution is 0.111. The average molecular weight is 756 g/mol. The number of aromatic nitrogens is 8. The van der Waals surface area contributed by atoms with Crippen molar-refractivity contribution in [3.63, 3.8) is 0 Å². The molecule has 37 heavy (non-hydrogen) atoms. The molecule has 1 atom stereocenters. The lowest BCUT2D eigenvalue weighted by Gasteiger charge is -2.09. The fourth-order valence-electron chi connectivity index (χ4n) is 3.17. The Bertz CT molecular complexity index is 1300. The van der Waals surface area contributed by atoms with Gasteiger partial charge in [0.05, 0.1) is 35.7 Å². The van der Waals surface area contributed by atoms with Crippen LogP contribution in [0.1, 0.15) is 41.4 Å². The molecule has 0 aliphatic rings. The third-order valence-electron chi connectivity index (χ3n) is 4.97. The maximum absolute atomic E-state index is 10.5. The monoisotopic (exact) mass is 754 g/mol. The highest BCUT2D eigenvalue weighted by Crippen LogP contribution is 2.35. The zero-order valence-corrected chi connectivity index (χ0v) is 26.6. The molecule has 0 saturated heterocycles. The zero-order valence-electron chi connectivity index (χ0n) is 21.3. The number of aliphatic hydroxyl groups is 1. The molecule has 1 unspecified atom stereocenters. The molecule has 0 bridgehead atoms. The second kappa shape index (κ2) is 14.6. The van der Waals surface area contributed by atoms with Gasteiger partial charge in [-0.15, -0.1) is 0 Å². The smallest absolute Gasteiger partial charge is 0.223 e. The Morgan fingerprint density at radius 1 is 0.973 bits per heavy atom. The minimum atomic E-state index is -0.816. The maximum Gasteiger partial charge on any atom is 0.223 e. The van der Waals surface area contributed by atoms with E-state index in [0.29, 0.717) is 43.9 Å². The number of halogens is 3. The first-order valence-electron chi connectivity index (χ1n) is 11.0. The number of rotatable bonds is 7. The maximum atomic E-state index is 10.5. The highest BCUT2D eigenvalue weighted by atomic mass is 127. The number of hydrogen-bond donors (Lipinski definition) is 1. The van der Waals surface area contributed by atoms with Gasteiger partial charge in [-0.1, -0.05) is 0 Å². The van der Waals surface area contributed by atoms with Crippen molar-refractivity contribution in [2.45, 2.75) is 33.0 Å². The summed E-state index contributed by atoms with van der Waals surface area (Å²) >= 11 is 8.70. The van der Waals surface area contributed by atoms with Crippen molar-refractivity contribution in [2.75, 3.05) is 14.2 Å². The Balaban J connectivity index is 0.000000215. The van der Waals surface area contributed by atoms with E-state index in [-0.39, 0.29) is 0 Å². The number of hydrogen-bond acceptors (Lipinski definition) is 8. The van der Waals surface area contributed by atoms with E-state index in [2.05, 4.69) is 81.8 Å². The van der Waals surface area contributed by atoms with Crippen molar-refractivity contribution in [1.82, 2.24) is 39.1 Å². The molecule has 0 amide bonds. The van der Waals surface area contributed by atoms with E-state index in [1.807, 2.05) is 30.2 Å². The summed E-state index contributed by atoms with van der Waals surface area (Å²) in [6, 6.07) is 0. The van der Waals surface area contributed by atoms with E-state index < -0.39 is 6.10 Å². The fraction of sp³-hybridized carbons (Fsp3) is 0.409. The number of aldehydes is 1. The standard InChI is InChI=1S/C11H15BrN4O2.C6H7BrN2O2.C5H7IN2/c1-4-16-6-7(5-13-16)9(17)8-10(12)14-15(2)11(8)18-3;1-9-6(11-2)4(3-10)5(7)8-9;1-2-8-4-5(6)3-7-8/h5-6,9,17H,4H2,1-3H3;3H,1-2H3;3-4H,2H2,1H3. The Kier molecular flexibility index (Phi) is 12.3. The van der Waals surface area contributed by atoms with Crippen molar-refractivity contribution in [3.8, 4) is 11.8 Å². The summed E-state index contributed by atoms with van der Waals surface area (Å²) in [5.41, 5.74) is 1.76. The predicted molar refractivity (Wildman–Crippen MR) is 153 cm³/mol. The molecule has 1 N–H and O–H groups in total. The number of nitrogens with zero attached hydrogens (tertiary/aromatic N) is 8. The van der Waals surface area contributed by atoms with Crippen molar-refractivity contribution >= 4 is 60.7 Å². The molecule has 0 aromatic carbocycles. The van der Waals surface area contributed by atoms with Gasteiger partial charge >= 0.3 is 0 Å². The van der Waals surface area contributed by atoms with Gasteiger partial charge in [0, 0.05) is 45.1 Å². The van der Waals surface area contributed by atoms with Crippen LogP contribution < -0.4 is 9.47 Å². The molecule has 15 heteroatoms. The third-order valence-corrected chi connectivity index (χ3v) is 6.69. The van der Waals surface area contributed by atoms with Gasteiger partial charge in [0.1, 0.15) is 20.9 Å². The molecule has 0 radical (unpaired) electrons.